The molecule has 2 aromatic rings. The van der Waals surface area contributed by atoms with E-state index in [1.807, 2.05) is 30.3 Å². The summed E-state index contributed by atoms with van der Waals surface area (Å²) < 4.78 is 0. The Morgan fingerprint density at radius 3 is 2.43 bits per heavy atom. The minimum Gasteiger partial charge on any atom is -0.378 e. The lowest BCUT2D eigenvalue weighted by Gasteiger charge is -2.11. The molecule has 0 aliphatic rings. The van der Waals surface area contributed by atoms with Crippen LogP contribution in [0.15, 0.2) is 54.6 Å². The number of anilines is 1. The highest BCUT2D eigenvalue weighted by Gasteiger charge is 2.11. The molecule has 0 aromatic heterocycles. The zero-order valence-corrected chi connectivity index (χ0v) is 13.3. The average molecular weight is 330 g/mol. The van der Waals surface area contributed by atoms with E-state index >= 15 is 0 Å². The number of para-hydroxylation sites is 2. The molecule has 7 heteroatoms. The first-order valence-electron chi connectivity index (χ1n) is 7.20. The maximum Gasteiger partial charge on any atom is 0.292 e. The van der Waals surface area contributed by atoms with Gasteiger partial charge in [-0.2, -0.15) is 0 Å². The molecule has 2 aromatic carbocycles. The third-order valence-electron chi connectivity index (χ3n) is 3.12. The SMILES string of the molecule is O=[N+]([O-])c1ccccc1NCCNC(=S)NCc1ccccc1. The number of nitrogens with zero attached hydrogens (tertiary/aromatic N) is 1. The monoisotopic (exact) mass is 330 g/mol. The quantitative estimate of drug-likeness (QED) is 0.313. The van der Waals surface area contributed by atoms with Crippen LogP contribution in [0.5, 0.6) is 0 Å². The maximum absolute atomic E-state index is 10.9. The lowest BCUT2D eigenvalue weighted by molar-refractivity contribution is -0.384. The van der Waals surface area contributed by atoms with Gasteiger partial charge in [-0.1, -0.05) is 42.5 Å². The number of benzene rings is 2. The molecule has 0 saturated heterocycles. The molecule has 0 radical (unpaired) electrons. The number of hydrogen-bond donors (Lipinski definition) is 3. The maximum atomic E-state index is 10.9. The van der Waals surface area contributed by atoms with Crippen molar-refractivity contribution in [1.29, 1.82) is 0 Å². The number of thiocarbonyl (C=S) groups is 1. The molecule has 0 bridgehead atoms. The molecule has 0 unspecified atom stereocenters. The van der Waals surface area contributed by atoms with Crippen molar-refractivity contribution in [3.8, 4) is 0 Å². The van der Waals surface area contributed by atoms with E-state index in [1.54, 1.807) is 18.2 Å². The summed E-state index contributed by atoms with van der Waals surface area (Å²) in [6.45, 7) is 1.74. The Labute approximate surface area is 140 Å². The number of nitrogens with one attached hydrogen (secondary N) is 3. The Morgan fingerprint density at radius 1 is 1.00 bits per heavy atom. The van der Waals surface area contributed by atoms with Gasteiger partial charge < -0.3 is 16.0 Å². The van der Waals surface area contributed by atoms with Crippen LogP contribution in [0.4, 0.5) is 11.4 Å². The van der Waals surface area contributed by atoms with Crippen molar-refractivity contribution in [3.05, 3.63) is 70.3 Å². The van der Waals surface area contributed by atoms with Gasteiger partial charge in [0.2, 0.25) is 0 Å². The first-order valence-corrected chi connectivity index (χ1v) is 7.60. The Balaban J connectivity index is 1.69. The smallest absolute Gasteiger partial charge is 0.292 e. The molecule has 0 amide bonds. The summed E-state index contributed by atoms with van der Waals surface area (Å²) in [7, 11) is 0. The molecule has 0 heterocycles. The molecule has 0 aliphatic heterocycles. The van der Waals surface area contributed by atoms with Crippen LogP contribution in [0.2, 0.25) is 0 Å². The summed E-state index contributed by atoms with van der Waals surface area (Å²) in [5.74, 6) is 0. The largest absolute Gasteiger partial charge is 0.378 e. The third kappa shape index (κ3) is 5.55. The second kappa shape index (κ2) is 8.70. The molecule has 0 aliphatic carbocycles. The van der Waals surface area contributed by atoms with Crippen molar-refractivity contribution < 1.29 is 4.92 Å². The van der Waals surface area contributed by atoms with Crippen molar-refractivity contribution in [2.45, 2.75) is 6.54 Å². The summed E-state index contributed by atoms with van der Waals surface area (Å²) >= 11 is 5.19. The molecule has 0 spiro atoms. The van der Waals surface area contributed by atoms with Crippen LogP contribution in [0.3, 0.4) is 0 Å². The van der Waals surface area contributed by atoms with Gasteiger partial charge in [-0.3, -0.25) is 10.1 Å². The van der Waals surface area contributed by atoms with Gasteiger partial charge in [-0.05, 0) is 23.8 Å². The number of rotatable bonds is 7. The van der Waals surface area contributed by atoms with Crippen molar-refractivity contribution in [3.63, 3.8) is 0 Å². The van der Waals surface area contributed by atoms with E-state index in [2.05, 4.69) is 16.0 Å². The third-order valence-corrected chi connectivity index (χ3v) is 3.41. The lowest BCUT2D eigenvalue weighted by atomic mass is 10.2. The van der Waals surface area contributed by atoms with E-state index < -0.39 is 4.92 Å². The zero-order valence-electron chi connectivity index (χ0n) is 12.5. The number of nitro groups is 1. The topological polar surface area (TPSA) is 79.2 Å². The minimum atomic E-state index is -0.401. The molecule has 120 valence electrons. The van der Waals surface area contributed by atoms with E-state index in [1.165, 1.54) is 6.07 Å². The fraction of sp³-hybridized carbons (Fsp3) is 0.188. The molecule has 23 heavy (non-hydrogen) atoms. The summed E-state index contributed by atoms with van der Waals surface area (Å²) in [4.78, 5) is 10.5. The van der Waals surface area contributed by atoms with Gasteiger partial charge in [-0.15, -0.1) is 0 Å². The molecule has 6 nitrogen and oxygen atoms in total. The summed E-state index contributed by atoms with van der Waals surface area (Å²) in [6.07, 6.45) is 0. The van der Waals surface area contributed by atoms with Crippen LogP contribution in [0.25, 0.3) is 0 Å². The van der Waals surface area contributed by atoms with Gasteiger partial charge in [0.15, 0.2) is 5.11 Å². The lowest BCUT2D eigenvalue weighted by Crippen LogP contribution is -2.37. The number of hydrogen-bond acceptors (Lipinski definition) is 4. The molecule has 0 atom stereocenters. The van der Waals surface area contributed by atoms with Gasteiger partial charge in [0.1, 0.15) is 5.69 Å². The standard InChI is InChI=1S/C16H18N4O2S/c21-20(22)15-9-5-4-8-14(15)17-10-11-18-16(23)19-12-13-6-2-1-3-7-13/h1-9,17H,10-12H2,(H2,18,19,23). The average Bonchev–Trinajstić information content (AvgIpc) is 2.58. The van der Waals surface area contributed by atoms with Crippen molar-refractivity contribution in [1.82, 2.24) is 10.6 Å². The van der Waals surface area contributed by atoms with Crippen LogP contribution >= 0.6 is 12.2 Å². The fourth-order valence-corrected chi connectivity index (χ4v) is 2.17. The van der Waals surface area contributed by atoms with Gasteiger partial charge in [-0.25, -0.2) is 0 Å². The molecule has 2 rings (SSSR count). The predicted octanol–water partition coefficient (Wildman–Crippen LogP) is 2.67. The van der Waals surface area contributed by atoms with E-state index in [-0.39, 0.29) is 5.69 Å². The highest BCUT2D eigenvalue weighted by Crippen LogP contribution is 2.22. The predicted molar refractivity (Wildman–Crippen MR) is 95.5 cm³/mol. The zero-order chi connectivity index (χ0) is 16.5. The van der Waals surface area contributed by atoms with E-state index in [0.717, 1.165) is 5.56 Å². The van der Waals surface area contributed by atoms with Crippen LogP contribution < -0.4 is 16.0 Å². The Kier molecular flexibility index (Phi) is 6.31. The van der Waals surface area contributed by atoms with Crippen LogP contribution in [-0.4, -0.2) is 23.1 Å². The summed E-state index contributed by atoms with van der Waals surface area (Å²) in [5, 5.41) is 20.7. The second-order valence-corrected chi connectivity index (χ2v) is 5.20. The number of nitro benzene ring substituents is 1. The van der Waals surface area contributed by atoms with Gasteiger partial charge in [0.05, 0.1) is 4.92 Å². The summed E-state index contributed by atoms with van der Waals surface area (Å²) in [6, 6.07) is 16.5. The van der Waals surface area contributed by atoms with E-state index in [0.29, 0.717) is 30.4 Å². The Bertz CT molecular complexity index is 664. The van der Waals surface area contributed by atoms with E-state index in [4.69, 9.17) is 12.2 Å². The van der Waals surface area contributed by atoms with Crippen molar-refractivity contribution in [2.75, 3.05) is 18.4 Å². The summed E-state index contributed by atoms with van der Waals surface area (Å²) in [5.41, 5.74) is 1.72. The fourth-order valence-electron chi connectivity index (χ4n) is 2.00. The van der Waals surface area contributed by atoms with Crippen LogP contribution in [-0.2, 0) is 6.54 Å². The van der Waals surface area contributed by atoms with Gasteiger partial charge in [0, 0.05) is 25.7 Å². The molecular formula is C16H18N4O2S. The van der Waals surface area contributed by atoms with Gasteiger partial charge >= 0.3 is 0 Å². The molecule has 0 fully saturated rings. The van der Waals surface area contributed by atoms with E-state index in [9.17, 15) is 10.1 Å². The molecule has 3 N–H and O–H groups in total. The minimum absolute atomic E-state index is 0.0669. The normalized spacial score (nSPS) is 9.91. The van der Waals surface area contributed by atoms with Gasteiger partial charge in [0.25, 0.3) is 5.69 Å². The Morgan fingerprint density at radius 2 is 1.70 bits per heavy atom. The highest BCUT2D eigenvalue weighted by molar-refractivity contribution is 7.80. The van der Waals surface area contributed by atoms with Crippen molar-refractivity contribution in [2.24, 2.45) is 0 Å². The highest BCUT2D eigenvalue weighted by atomic mass is 32.1. The second-order valence-electron chi connectivity index (χ2n) is 4.80. The Hall–Kier alpha value is -2.67. The van der Waals surface area contributed by atoms with Crippen LogP contribution in [0.1, 0.15) is 5.56 Å². The van der Waals surface area contributed by atoms with Crippen LogP contribution in [0, 0.1) is 10.1 Å². The first kappa shape index (κ1) is 16.7. The molecular weight excluding hydrogens is 312 g/mol. The molecule has 0 saturated carbocycles. The van der Waals surface area contributed by atoms with Crippen molar-refractivity contribution >= 4 is 28.7 Å². The first-order chi connectivity index (χ1) is 11.2.